The molecule has 2 aromatic carbocycles. The Morgan fingerprint density at radius 3 is 2.56 bits per heavy atom. The van der Waals surface area contributed by atoms with Crippen LogP contribution in [-0.2, 0) is 20.9 Å². The van der Waals surface area contributed by atoms with Gasteiger partial charge in [-0.2, -0.15) is 0 Å². The Labute approximate surface area is 157 Å². The van der Waals surface area contributed by atoms with Crippen molar-refractivity contribution in [3.05, 3.63) is 81.9 Å². The lowest BCUT2D eigenvalue weighted by molar-refractivity contribution is -0.384. The molecule has 0 heterocycles. The highest BCUT2D eigenvalue weighted by atomic mass is 16.6. The van der Waals surface area contributed by atoms with E-state index in [1.165, 1.54) is 36.1 Å². The van der Waals surface area contributed by atoms with Crippen molar-refractivity contribution in [3.63, 3.8) is 0 Å². The van der Waals surface area contributed by atoms with Gasteiger partial charge in [-0.05, 0) is 24.1 Å². The third-order valence-electron chi connectivity index (χ3n) is 3.77. The number of nitro benzene ring substituents is 1. The van der Waals surface area contributed by atoms with E-state index < -0.39 is 17.0 Å². The van der Waals surface area contributed by atoms with Crippen molar-refractivity contribution in [1.82, 2.24) is 4.90 Å². The van der Waals surface area contributed by atoms with Gasteiger partial charge in [-0.1, -0.05) is 42.5 Å². The van der Waals surface area contributed by atoms with E-state index >= 15 is 0 Å². The molecule has 0 aliphatic heterocycles. The van der Waals surface area contributed by atoms with Crippen LogP contribution in [0.3, 0.4) is 0 Å². The highest BCUT2D eigenvalue weighted by Crippen LogP contribution is 2.14. The van der Waals surface area contributed by atoms with E-state index in [1.807, 2.05) is 30.3 Å². The number of carbonyl (C=O) groups is 2. The molecule has 0 radical (unpaired) electrons. The smallest absolute Gasteiger partial charge is 0.331 e. The summed E-state index contributed by atoms with van der Waals surface area (Å²) in [6, 6.07) is 15.3. The summed E-state index contributed by atoms with van der Waals surface area (Å²) < 4.78 is 5.12. The van der Waals surface area contributed by atoms with Gasteiger partial charge in [-0.25, -0.2) is 4.79 Å². The average molecular weight is 368 g/mol. The van der Waals surface area contributed by atoms with Crippen molar-refractivity contribution >= 4 is 23.6 Å². The second-order valence-electron chi connectivity index (χ2n) is 5.94. The first-order valence-corrected chi connectivity index (χ1v) is 8.29. The van der Waals surface area contributed by atoms with Crippen LogP contribution in [0.15, 0.2) is 60.7 Å². The molecule has 1 amide bonds. The quantitative estimate of drug-likeness (QED) is 0.324. The summed E-state index contributed by atoms with van der Waals surface area (Å²) in [5.74, 6) is -1.02. The first-order chi connectivity index (χ1) is 12.9. The Hall–Kier alpha value is -3.48. The van der Waals surface area contributed by atoms with Gasteiger partial charge in [-0.15, -0.1) is 0 Å². The fourth-order valence-corrected chi connectivity index (χ4v) is 2.42. The molecule has 0 spiro atoms. The molecule has 7 heteroatoms. The number of hydrogen-bond donors (Lipinski definition) is 0. The van der Waals surface area contributed by atoms with Crippen LogP contribution >= 0.6 is 0 Å². The second kappa shape index (κ2) is 9.28. The highest BCUT2D eigenvalue weighted by molar-refractivity contribution is 5.90. The van der Waals surface area contributed by atoms with Gasteiger partial charge in [0.05, 0.1) is 4.92 Å². The zero-order valence-corrected chi connectivity index (χ0v) is 15.1. The Balaban J connectivity index is 1.91. The molecule has 140 valence electrons. The van der Waals surface area contributed by atoms with Gasteiger partial charge in [0.15, 0.2) is 6.10 Å². The van der Waals surface area contributed by atoms with E-state index in [4.69, 9.17) is 4.74 Å². The van der Waals surface area contributed by atoms with E-state index in [-0.39, 0.29) is 11.6 Å². The number of nitro groups is 1. The summed E-state index contributed by atoms with van der Waals surface area (Å²) in [6.07, 6.45) is 1.60. The molecule has 1 atom stereocenters. The second-order valence-corrected chi connectivity index (χ2v) is 5.94. The summed E-state index contributed by atoms with van der Waals surface area (Å²) in [5.41, 5.74) is 1.38. The zero-order valence-electron chi connectivity index (χ0n) is 15.1. The monoisotopic (exact) mass is 368 g/mol. The first kappa shape index (κ1) is 19.8. The molecule has 0 aliphatic carbocycles. The molecule has 0 fully saturated rings. The number of esters is 1. The third kappa shape index (κ3) is 6.07. The normalized spacial score (nSPS) is 11.8. The van der Waals surface area contributed by atoms with Crippen molar-refractivity contribution < 1.29 is 19.2 Å². The lowest BCUT2D eigenvalue weighted by Crippen LogP contribution is -2.36. The average Bonchev–Trinajstić information content (AvgIpc) is 2.66. The van der Waals surface area contributed by atoms with Crippen LogP contribution < -0.4 is 0 Å². The maximum atomic E-state index is 12.3. The van der Waals surface area contributed by atoms with Crippen LogP contribution in [0.25, 0.3) is 6.08 Å². The predicted octanol–water partition coefficient (Wildman–Crippen LogP) is 3.20. The van der Waals surface area contributed by atoms with Crippen LogP contribution in [0.5, 0.6) is 0 Å². The first-order valence-electron chi connectivity index (χ1n) is 8.29. The van der Waals surface area contributed by atoms with Crippen molar-refractivity contribution in [2.24, 2.45) is 0 Å². The molecule has 0 N–H and O–H groups in total. The lowest BCUT2D eigenvalue weighted by Gasteiger charge is -2.21. The Morgan fingerprint density at radius 2 is 1.89 bits per heavy atom. The summed E-state index contributed by atoms with van der Waals surface area (Å²) in [6.45, 7) is 1.91. The van der Waals surface area contributed by atoms with Crippen molar-refractivity contribution in [1.29, 1.82) is 0 Å². The Bertz CT molecular complexity index is 848. The van der Waals surface area contributed by atoms with E-state index in [1.54, 1.807) is 13.1 Å². The van der Waals surface area contributed by atoms with Gasteiger partial charge in [0.1, 0.15) is 0 Å². The number of hydrogen-bond acceptors (Lipinski definition) is 5. The van der Waals surface area contributed by atoms with Crippen LogP contribution in [0.1, 0.15) is 18.1 Å². The zero-order chi connectivity index (χ0) is 19.8. The van der Waals surface area contributed by atoms with E-state index in [9.17, 15) is 19.7 Å². The molecule has 0 aromatic heterocycles. The van der Waals surface area contributed by atoms with Crippen LogP contribution in [0.2, 0.25) is 0 Å². The lowest BCUT2D eigenvalue weighted by atomic mass is 10.2. The van der Waals surface area contributed by atoms with Crippen molar-refractivity contribution in [2.45, 2.75) is 19.6 Å². The minimum atomic E-state index is -0.944. The fraction of sp³-hybridized carbons (Fsp3) is 0.200. The molecule has 2 aromatic rings. The van der Waals surface area contributed by atoms with Gasteiger partial charge in [-0.3, -0.25) is 14.9 Å². The topological polar surface area (TPSA) is 89.7 Å². The molecule has 0 saturated carbocycles. The number of amides is 1. The number of benzene rings is 2. The van der Waals surface area contributed by atoms with E-state index in [0.29, 0.717) is 12.1 Å². The summed E-state index contributed by atoms with van der Waals surface area (Å²) >= 11 is 0. The predicted molar refractivity (Wildman–Crippen MR) is 101 cm³/mol. The molecule has 2 rings (SSSR count). The molecule has 0 saturated heterocycles. The SMILES string of the molecule is C[C@@H](OC(=O)/C=C/c1cccc([N+](=O)[O-])c1)C(=O)N(C)Cc1ccccc1. The Morgan fingerprint density at radius 1 is 1.19 bits per heavy atom. The molecular formula is C20H20N2O5. The Kier molecular flexibility index (Phi) is 6.82. The molecule has 0 bridgehead atoms. The van der Waals surface area contributed by atoms with Gasteiger partial charge in [0.2, 0.25) is 0 Å². The molecule has 7 nitrogen and oxygen atoms in total. The minimum Gasteiger partial charge on any atom is -0.449 e. The fourth-order valence-electron chi connectivity index (χ4n) is 2.42. The maximum Gasteiger partial charge on any atom is 0.331 e. The van der Waals surface area contributed by atoms with E-state index in [2.05, 4.69) is 0 Å². The van der Waals surface area contributed by atoms with Gasteiger partial charge >= 0.3 is 5.97 Å². The van der Waals surface area contributed by atoms with Gasteiger partial charge < -0.3 is 9.64 Å². The molecule has 0 aliphatic rings. The molecule has 27 heavy (non-hydrogen) atoms. The number of rotatable bonds is 7. The minimum absolute atomic E-state index is 0.0726. The maximum absolute atomic E-state index is 12.3. The number of non-ortho nitro benzene ring substituents is 1. The summed E-state index contributed by atoms with van der Waals surface area (Å²) in [4.78, 5) is 36.0. The van der Waals surface area contributed by atoms with Crippen LogP contribution in [0, 0.1) is 10.1 Å². The standard InChI is InChI=1S/C20H20N2O5/c1-15(20(24)21(2)14-17-7-4-3-5-8-17)27-19(23)12-11-16-9-6-10-18(13-16)22(25)26/h3-13,15H,14H2,1-2H3/b12-11+/t15-/m1/s1. The van der Waals surface area contributed by atoms with Crippen molar-refractivity contribution in [2.75, 3.05) is 7.05 Å². The summed E-state index contributed by atoms with van der Waals surface area (Å²) in [7, 11) is 1.64. The van der Waals surface area contributed by atoms with Crippen LogP contribution in [-0.4, -0.2) is 34.9 Å². The van der Waals surface area contributed by atoms with E-state index in [0.717, 1.165) is 11.6 Å². The van der Waals surface area contributed by atoms with Gasteiger partial charge in [0, 0.05) is 31.8 Å². The number of carbonyl (C=O) groups excluding carboxylic acids is 2. The number of likely N-dealkylation sites (N-methyl/N-ethyl adjacent to an activating group) is 1. The van der Waals surface area contributed by atoms with Crippen molar-refractivity contribution in [3.8, 4) is 0 Å². The number of ether oxygens (including phenoxy) is 1. The molecular weight excluding hydrogens is 348 g/mol. The van der Waals surface area contributed by atoms with Gasteiger partial charge in [0.25, 0.3) is 11.6 Å². The number of nitrogens with zero attached hydrogens (tertiary/aromatic N) is 2. The third-order valence-corrected chi connectivity index (χ3v) is 3.77. The molecule has 0 unspecified atom stereocenters. The highest BCUT2D eigenvalue weighted by Gasteiger charge is 2.20. The largest absolute Gasteiger partial charge is 0.449 e. The van der Waals surface area contributed by atoms with Crippen LogP contribution in [0.4, 0.5) is 5.69 Å². The summed E-state index contributed by atoms with van der Waals surface area (Å²) in [5, 5.41) is 10.8.